The molecule has 2 aliphatic heterocycles. The van der Waals surface area contributed by atoms with Crippen LogP contribution in [0, 0.1) is 0 Å². The van der Waals surface area contributed by atoms with Crippen molar-refractivity contribution in [2.75, 3.05) is 20.5 Å². The highest BCUT2D eigenvalue weighted by molar-refractivity contribution is 5.85. The number of aldehydes is 1. The van der Waals surface area contributed by atoms with Gasteiger partial charge in [-0.1, -0.05) is 0 Å². The topological polar surface area (TPSA) is 89.5 Å². The molecule has 2 aliphatic rings. The van der Waals surface area contributed by atoms with Crippen LogP contribution >= 0.6 is 0 Å². The summed E-state index contributed by atoms with van der Waals surface area (Å²) < 4.78 is 32.9. The minimum Gasteiger partial charge on any atom is -0.359 e. The lowest BCUT2D eigenvalue weighted by molar-refractivity contribution is -0.287. The average Bonchev–Trinajstić information content (AvgIpc) is 2.78. The van der Waals surface area contributed by atoms with Gasteiger partial charge in [0.25, 0.3) is 0 Å². The van der Waals surface area contributed by atoms with Gasteiger partial charge in [0.05, 0.1) is 0 Å². The number of Topliss-reactive ketones (excluding diaryl/α,β-unsaturated/α-hetero) is 1. The molecule has 0 saturated carbocycles. The number of hydrogen-bond acceptors (Lipinski definition) is 8. The molecule has 0 aliphatic carbocycles. The van der Waals surface area contributed by atoms with Crippen LogP contribution in [0.5, 0.6) is 0 Å². The Morgan fingerprint density at radius 3 is 2.52 bits per heavy atom. The molecular weight excluding hydrogens is 308 g/mol. The Labute approximate surface area is 135 Å². The number of rotatable bonds is 6. The summed E-state index contributed by atoms with van der Waals surface area (Å²) in [5, 5.41) is 0. The van der Waals surface area contributed by atoms with Gasteiger partial charge in [0, 0.05) is 7.11 Å². The van der Waals surface area contributed by atoms with Crippen molar-refractivity contribution in [3.63, 3.8) is 0 Å². The van der Waals surface area contributed by atoms with Crippen LogP contribution in [0.3, 0.4) is 0 Å². The van der Waals surface area contributed by atoms with E-state index in [1.54, 1.807) is 27.7 Å². The Morgan fingerprint density at radius 2 is 1.91 bits per heavy atom. The predicted octanol–water partition coefficient (Wildman–Crippen LogP) is 0.415. The summed E-state index contributed by atoms with van der Waals surface area (Å²) >= 11 is 0. The summed E-state index contributed by atoms with van der Waals surface area (Å²) in [5.41, 5.74) is 0. The van der Waals surface area contributed by atoms with Crippen molar-refractivity contribution in [2.45, 2.75) is 63.7 Å². The largest absolute Gasteiger partial charge is 0.359 e. The first kappa shape index (κ1) is 18.4. The molecule has 2 saturated heterocycles. The van der Waals surface area contributed by atoms with E-state index in [9.17, 15) is 9.59 Å². The Balaban J connectivity index is 2.25. The summed E-state index contributed by atoms with van der Waals surface area (Å²) in [5.74, 6) is -2.20. The SMILES string of the molecule is COCO[C@H]([C@H]1OC(C)(C)O[C@@H]1C=O)[C@H]1OC(C)(C)OCC1=O. The van der Waals surface area contributed by atoms with E-state index >= 15 is 0 Å². The zero-order valence-electron chi connectivity index (χ0n) is 14.1. The molecule has 0 unspecified atom stereocenters. The maximum atomic E-state index is 12.2. The van der Waals surface area contributed by atoms with E-state index in [4.69, 9.17) is 28.4 Å². The van der Waals surface area contributed by atoms with Crippen molar-refractivity contribution in [1.29, 1.82) is 0 Å². The fourth-order valence-corrected chi connectivity index (χ4v) is 2.66. The lowest BCUT2D eigenvalue weighted by Crippen LogP contribution is -2.57. The highest BCUT2D eigenvalue weighted by Crippen LogP contribution is 2.34. The summed E-state index contributed by atoms with van der Waals surface area (Å²) in [6.45, 7) is 6.60. The second-order valence-electron chi connectivity index (χ2n) is 6.43. The summed E-state index contributed by atoms with van der Waals surface area (Å²) in [6, 6.07) is 0. The smallest absolute Gasteiger partial charge is 0.190 e. The zero-order chi connectivity index (χ0) is 17.3. The van der Waals surface area contributed by atoms with Gasteiger partial charge in [-0.15, -0.1) is 0 Å². The minimum absolute atomic E-state index is 0.0784. The van der Waals surface area contributed by atoms with Crippen molar-refractivity contribution in [2.24, 2.45) is 0 Å². The van der Waals surface area contributed by atoms with Gasteiger partial charge in [-0.2, -0.15) is 0 Å². The molecular formula is C15H24O8. The van der Waals surface area contributed by atoms with Gasteiger partial charge < -0.3 is 33.2 Å². The molecule has 0 spiro atoms. The Morgan fingerprint density at radius 1 is 1.22 bits per heavy atom. The fourth-order valence-electron chi connectivity index (χ4n) is 2.66. The molecule has 2 rings (SSSR count). The second-order valence-corrected chi connectivity index (χ2v) is 6.43. The van der Waals surface area contributed by atoms with E-state index in [2.05, 4.69) is 0 Å². The monoisotopic (exact) mass is 332 g/mol. The van der Waals surface area contributed by atoms with E-state index in [1.807, 2.05) is 0 Å². The maximum Gasteiger partial charge on any atom is 0.190 e. The number of carbonyl (C=O) groups is 2. The van der Waals surface area contributed by atoms with Crippen LogP contribution in [-0.4, -0.2) is 68.6 Å². The molecule has 8 heteroatoms. The van der Waals surface area contributed by atoms with E-state index < -0.39 is 36.0 Å². The van der Waals surface area contributed by atoms with Crippen LogP contribution in [-0.2, 0) is 38.0 Å². The number of methoxy groups -OCH3 is 1. The lowest BCUT2D eigenvalue weighted by atomic mass is 9.99. The number of ketones is 1. The maximum absolute atomic E-state index is 12.2. The minimum atomic E-state index is -0.964. The van der Waals surface area contributed by atoms with Crippen molar-refractivity contribution < 1.29 is 38.0 Å². The molecule has 23 heavy (non-hydrogen) atoms. The summed E-state index contributed by atoms with van der Waals surface area (Å²) in [6.07, 6.45) is -2.83. The Hall–Kier alpha value is -0.900. The van der Waals surface area contributed by atoms with Crippen LogP contribution in [0.2, 0.25) is 0 Å². The first-order valence-electron chi connectivity index (χ1n) is 7.45. The number of ether oxygens (including phenoxy) is 6. The van der Waals surface area contributed by atoms with Crippen molar-refractivity contribution >= 4 is 12.1 Å². The van der Waals surface area contributed by atoms with Gasteiger partial charge in [-0.25, -0.2) is 0 Å². The molecule has 0 radical (unpaired) electrons. The Bertz CT molecular complexity index is 447. The van der Waals surface area contributed by atoms with Gasteiger partial charge in [-0.3, -0.25) is 4.79 Å². The quantitative estimate of drug-likeness (QED) is 0.510. The van der Waals surface area contributed by atoms with Gasteiger partial charge in [0.2, 0.25) is 0 Å². The molecule has 0 aromatic rings. The highest BCUT2D eigenvalue weighted by atomic mass is 16.8. The third-order valence-electron chi connectivity index (χ3n) is 3.59. The van der Waals surface area contributed by atoms with Crippen molar-refractivity contribution in [1.82, 2.24) is 0 Å². The van der Waals surface area contributed by atoms with Crippen LogP contribution in [0.1, 0.15) is 27.7 Å². The molecule has 2 fully saturated rings. The van der Waals surface area contributed by atoms with Gasteiger partial charge in [0.1, 0.15) is 31.7 Å². The van der Waals surface area contributed by atoms with E-state index in [0.29, 0.717) is 6.29 Å². The van der Waals surface area contributed by atoms with Crippen molar-refractivity contribution in [3.8, 4) is 0 Å². The third-order valence-corrected chi connectivity index (χ3v) is 3.59. The lowest BCUT2D eigenvalue weighted by Gasteiger charge is -2.39. The molecule has 0 aromatic carbocycles. The molecule has 132 valence electrons. The normalized spacial score (nSPS) is 34.3. The standard InChI is InChI=1S/C15H24O8/c1-14(2)20-7-9(17)11(22-14)13(19-8-18-5)12-10(6-16)21-15(3,4)23-12/h6,10-13H,7-8H2,1-5H3/t10-,11+,12+,13+/m1/s1. The van der Waals surface area contributed by atoms with Crippen LogP contribution in [0.15, 0.2) is 0 Å². The summed E-state index contributed by atoms with van der Waals surface area (Å²) in [4.78, 5) is 23.6. The fraction of sp³-hybridized carbons (Fsp3) is 0.867. The Kier molecular flexibility index (Phi) is 5.55. The molecule has 0 N–H and O–H groups in total. The van der Waals surface area contributed by atoms with Gasteiger partial charge in [-0.05, 0) is 27.7 Å². The van der Waals surface area contributed by atoms with Gasteiger partial charge in [0.15, 0.2) is 29.7 Å². The molecule has 0 bridgehead atoms. The van der Waals surface area contributed by atoms with Crippen molar-refractivity contribution in [3.05, 3.63) is 0 Å². The highest BCUT2D eigenvalue weighted by Gasteiger charge is 2.52. The first-order chi connectivity index (χ1) is 10.7. The van der Waals surface area contributed by atoms with E-state index in [-0.39, 0.29) is 19.2 Å². The van der Waals surface area contributed by atoms with E-state index in [1.165, 1.54) is 7.11 Å². The average molecular weight is 332 g/mol. The van der Waals surface area contributed by atoms with Crippen LogP contribution in [0.25, 0.3) is 0 Å². The van der Waals surface area contributed by atoms with Crippen LogP contribution < -0.4 is 0 Å². The zero-order valence-corrected chi connectivity index (χ0v) is 14.1. The number of hydrogen-bond donors (Lipinski definition) is 0. The van der Waals surface area contributed by atoms with E-state index in [0.717, 1.165) is 0 Å². The third kappa shape index (κ3) is 4.34. The second kappa shape index (κ2) is 6.92. The first-order valence-corrected chi connectivity index (χ1v) is 7.45. The van der Waals surface area contributed by atoms with Crippen LogP contribution in [0.4, 0.5) is 0 Å². The molecule has 0 aromatic heterocycles. The molecule has 0 amide bonds. The molecule has 8 nitrogen and oxygen atoms in total. The predicted molar refractivity (Wildman–Crippen MR) is 76.5 cm³/mol. The van der Waals surface area contributed by atoms with Gasteiger partial charge >= 0.3 is 0 Å². The number of carbonyl (C=O) groups excluding carboxylic acids is 2. The molecule has 4 atom stereocenters. The summed E-state index contributed by atoms with van der Waals surface area (Å²) in [7, 11) is 1.46. The molecule has 2 heterocycles.